The molecule has 0 fully saturated rings. The number of aryl methyl sites for hydroxylation is 4. The average molecular weight is 778 g/mol. The van der Waals surface area contributed by atoms with Gasteiger partial charge in [0.2, 0.25) is 0 Å². The summed E-state index contributed by atoms with van der Waals surface area (Å²) >= 11 is 3.62. The third-order valence-electron chi connectivity index (χ3n) is 9.64. The molecule has 0 atom stereocenters. The first kappa shape index (κ1) is 37.2. The molecule has 0 saturated heterocycles. The highest BCUT2D eigenvalue weighted by Gasteiger charge is 2.15. The molecule has 0 unspecified atom stereocenters. The lowest BCUT2D eigenvalue weighted by atomic mass is 10.0. The number of nitrogens with zero attached hydrogens (tertiary/aromatic N) is 2. The van der Waals surface area contributed by atoms with Gasteiger partial charge >= 0.3 is 0 Å². The van der Waals surface area contributed by atoms with Gasteiger partial charge in [-0.3, -0.25) is 0 Å². The topological polar surface area (TPSA) is 6.48 Å². The van der Waals surface area contributed by atoms with Crippen molar-refractivity contribution in [2.75, 3.05) is 9.80 Å². The van der Waals surface area contributed by atoms with Gasteiger partial charge in [0.05, 0.1) is 0 Å². The molecule has 0 N–H and O–H groups in total. The van der Waals surface area contributed by atoms with E-state index in [4.69, 9.17) is 0 Å². The van der Waals surface area contributed by atoms with Gasteiger partial charge in [-0.1, -0.05) is 137 Å². The van der Waals surface area contributed by atoms with Crippen molar-refractivity contribution in [3.63, 3.8) is 0 Å². The number of benzene rings is 8. The number of hydrogen-bond donors (Lipinski definition) is 0. The minimum atomic E-state index is 1.12. The van der Waals surface area contributed by atoms with Crippen LogP contribution in [0.25, 0.3) is 22.3 Å². The maximum absolute atomic E-state index is 3.62. The normalized spacial score (nSPS) is 10.6. The molecule has 270 valence electrons. The molecule has 0 aliphatic rings. The molecule has 0 heterocycles. The highest BCUT2D eigenvalue weighted by molar-refractivity contribution is 9.10. The minimum Gasteiger partial charge on any atom is -0.310 e. The summed E-state index contributed by atoms with van der Waals surface area (Å²) in [6, 6.07) is 71.0. The van der Waals surface area contributed by atoms with Crippen LogP contribution >= 0.6 is 15.9 Å². The van der Waals surface area contributed by atoms with Crippen LogP contribution in [0.2, 0.25) is 0 Å². The summed E-state index contributed by atoms with van der Waals surface area (Å²) in [6.07, 6.45) is 0. The maximum Gasteiger partial charge on any atom is 0.0465 e. The Morgan fingerprint density at radius 1 is 0.291 bits per heavy atom. The van der Waals surface area contributed by atoms with Crippen LogP contribution < -0.4 is 9.80 Å². The molecule has 0 aromatic heterocycles. The van der Waals surface area contributed by atoms with Gasteiger partial charge in [0.1, 0.15) is 0 Å². The lowest BCUT2D eigenvalue weighted by molar-refractivity contribution is 1.26. The first-order valence-electron chi connectivity index (χ1n) is 18.7. The van der Waals surface area contributed by atoms with E-state index in [1.165, 1.54) is 55.9 Å². The summed E-state index contributed by atoms with van der Waals surface area (Å²) in [6.45, 7) is 8.53. The molecule has 0 bridgehead atoms. The van der Waals surface area contributed by atoms with Crippen molar-refractivity contribution in [2.45, 2.75) is 27.7 Å². The Kier molecular flexibility index (Phi) is 11.7. The molecule has 8 aromatic rings. The number of rotatable bonds is 8. The van der Waals surface area contributed by atoms with Crippen molar-refractivity contribution in [1.82, 2.24) is 0 Å². The maximum atomic E-state index is 3.62. The van der Waals surface area contributed by atoms with E-state index in [9.17, 15) is 0 Å². The van der Waals surface area contributed by atoms with Gasteiger partial charge in [-0.2, -0.15) is 0 Å². The fourth-order valence-electron chi connectivity index (χ4n) is 6.83. The fourth-order valence-corrected chi connectivity index (χ4v) is 7.08. The predicted molar refractivity (Wildman–Crippen MR) is 240 cm³/mol. The standard InChI is InChI=1S/C26H22BrN.C26H23N/c1-19-7-6-10-24(17-19)28(25-15-16-26(27)20(2)18-25)23-13-11-22(12-14-23)21-8-4-3-5-9-21;1-20-8-6-12-25(18-20)27(26-13-7-9-21(2)19-26)24-16-14-23(15-17-24)22-10-4-3-5-11-22/h3-18H,1-2H3;3-19H,1-2H3. The Labute approximate surface area is 335 Å². The van der Waals surface area contributed by atoms with Crippen LogP contribution in [0, 0.1) is 27.7 Å². The monoisotopic (exact) mass is 776 g/mol. The Balaban J connectivity index is 0.000000169. The van der Waals surface area contributed by atoms with Gasteiger partial charge in [-0.25, -0.2) is 0 Å². The van der Waals surface area contributed by atoms with Crippen molar-refractivity contribution < 1.29 is 0 Å². The van der Waals surface area contributed by atoms with Gasteiger partial charge in [0.25, 0.3) is 0 Å². The Morgan fingerprint density at radius 3 is 0.964 bits per heavy atom. The molecule has 8 aromatic carbocycles. The van der Waals surface area contributed by atoms with E-state index in [0.717, 1.165) is 27.2 Å². The van der Waals surface area contributed by atoms with Crippen LogP contribution in [0.4, 0.5) is 34.1 Å². The first-order chi connectivity index (χ1) is 26.8. The average Bonchev–Trinajstić information content (AvgIpc) is 3.21. The quantitative estimate of drug-likeness (QED) is 0.152. The molecule has 0 saturated carbocycles. The molecule has 0 amide bonds. The number of hydrogen-bond acceptors (Lipinski definition) is 2. The molecule has 2 nitrogen and oxygen atoms in total. The van der Waals surface area contributed by atoms with E-state index in [1.54, 1.807) is 0 Å². The SMILES string of the molecule is Cc1cccc(N(c2ccc(-c3ccccc3)cc2)c2ccc(Br)c(C)c2)c1.Cc1cccc(N(c2ccc(-c3ccccc3)cc2)c2cccc(C)c2)c1. The molecular formula is C52H45BrN2. The number of anilines is 6. The molecule has 0 spiro atoms. The van der Waals surface area contributed by atoms with Crippen molar-refractivity contribution in [3.05, 3.63) is 227 Å². The van der Waals surface area contributed by atoms with E-state index < -0.39 is 0 Å². The smallest absolute Gasteiger partial charge is 0.0465 e. The largest absolute Gasteiger partial charge is 0.310 e. The highest BCUT2D eigenvalue weighted by Crippen LogP contribution is 2.38. The lowest BCUT2D eigenvalue weighted by Crippen LogP contribution is -2.10. The van der Waals surface area contributed by atoms with Gasteiger partial charge < -0.3 is 9.80 Å². The molecular weight excluding hydrogens is 732 g/mol. The summed E-state index contributed by atoms with van der Waals surface area (Å²) in [7, 11) is 0. The number of halogens is 1. The summed E-state index contributed by atoms with van der Waals surface area (Å²) in [5.74, 6) is 0. The van der Waals surface area contributed by atoms with Crippen LogP contribution in [0.15, 0.2) is 205 Å². The van der Waals surface area contributed by atoms with Crippen LogP contribution in [0.5, 0.6) is 0 Å². The van der Waals surface area contributed by atoms with Gasteiger partial charge in [-0.05, 0) is 151 Å². The second-order valence-electron chi connectivity index (χ2n) is 13.9. The minimum absolute atomic E-state index is 1.12. The zero-order valence-electron chi connectivity index (χ0n) is 31.8. The van der Waals surface area contributed by atoms with E-state index in [0.29, 0.717) is 0 Å². The van der Waals surface area contributed by atoms with Crippen molar-refractivity contribution in [3.8, 4) is 22.3 Å². The zero-order chi connectivity index (χ0) is 38.1. The summed E-state index contributed by atoms with van der Waals surface area (Å²) in [4.78, 5) is 4.62. The van der Waals surface area contributed by atoms with E-state index in [-0.39, 0.29) is 0 Å². The second kappa shape index (κ2) is 17.3. The van der Waals surface area contributed by atoms with E-state index in [1.807, 2.05) is 6.07 Å². The highest BCUT2D eigenvalue weighted by atomic mass is 79.9. The molecule has 0 aliphatic carbocycles. The molecule has 8 rings (SSSR count). The van der Waals surface area contributed by atoms with Gasteiger partial charge in [0, 0.05) is 38.6 Å². The first-order valence-corrected chi connectivity index (χ1v) is 19.5. The van der Waals surface area contributed by atoms with Gasteiger partial charge in [0.15, 0.2) is 0 Å². The van der Waals surface area contributed by atoms with Crippen LogP contribution in [0.1, 0.15) is 22.3 Å². The second-order valence-corrected chi connectivity index (χ2v) is 14.8. The Hall–Kier alpha value is -6.16. The molecule has 3 heteroatoms. The molecule has 0 radical (unpaired) electrons. The van der Waals surface area contributed by atoms with Crippen LogP contribution in [0.3, 0.4) is 0 Å². The van der Waals surface area contributed by atoms with Crippen LogP contribution in [-0.2, 0) is 0 Å². The Bertz CT molecular complexity index is 2430. The third kappa shape index (κ3) is 9.15. The van der Waals surface area contributed by atoms with E-state index in [2.05, 4.69) is 248 Å². The molecule has 0 aliphatic heterocycles. The summed E-state index contributed by atoms with van der Waals surface area (Å²) in [5.41, 5.74) is 16.9. The van der Waals surface area contributed by atoms with E-state index >= 15 is 0 Å². The van der Waals surface area contributed by atoms with Crippen molar-refractivity contribution in [1.29, 1.82) is 0 Å². The predicted octanol–water partition coefficient (Wildman–Crippen LogP) is 15.6. The van der Waals surface area contributed by atoms with Crippen LogP contribution in [-0.4, -0.2) is 0 Å². The fraction of sp³-hybridized carbons (Fsp3) is 0.0769. The third-order valence-corrected chi connectivity index (χ3v) is 10.5. The Morgan fingerprint density at radius 2 is 0.618 bits per heavy atom. The van der Waals surface area contributed by atoms with Crippen molar-refractivity contribution >= 4 is 50.1 Å². The lowest BCUT2D eigenvalue weighted by Gasteiger charge is -2.26. The van der Waals surface area contributed by atoms with Gasteiger partial charge in [-0.15, -0.1) is 0 Å². The van der Waals surface area contributed by atoms with Crippen molar-refractivity contribution in [2.24, 2.45) is 0 Å². The zero-order valence-corrected chi connectivity index (χ0v) is 33.4. The summed E-state index contributed by atoms with van der Waals surface area (Å²) < 4.78 is 1.12. The molecule has 55 heavy (non-hydrogen) atoms. The summed E-state index contributed by atoms with van der Waals surface area (Å²) in [5, 5.41) is 0.